The number of para-hydroxylation sites is 1. The summed E-state index contributed by atoms with van der Waals surface area (Å²) in [6.45, 7) is 5.67. The molecule has 1 atom stereocenters. The Kier molecular flexibility index (Phi) is 8.33. The van der Waals surface area contributed by atoms with Gasteiger partial charge >= 0.3 is 0 Å². The quantitative estimate of drug-likeness (QED) is 0.397. The Labute approximate surface area is 165 Å². The topological polar surface area (TPSA) is 48.9 Å². The monoisotopic (exact) mass is 468 g/mol. The van der Waals surface area contributed by atoms with Crippen molar-refractivity contribution in [2.24, 2.45) is 4.99 Å². The summed E-state index contributed by atoms with van der Waals surface area (Å²) >= 11 is 0. The number of benzene rings is 1. The number of hydrogen-bond acceptors (Lipinski definition) is 3. The molecule has 1 aliphatic heterocycles. The standard InChI is InChI=1S/C17H26F2N4O.HI/c1-17(2,24-4)11-21-16(20-3)22-12-8-9-23(10-12)15-13(18)6-5-7-14(15)19;/h5-7,12H,8-11H2,1-4H3,(H2,20,21,22);1H. The summed E-state index contributed by atoms with van der Waals surface area (Å²) in [5.41, 5.74) is -0.263. The van der Waals surface area contributed by atoms with Gasteiger partial charge in [0.2, 0.25) is 0 Å². The Hall–Kier alpha value is -1.16. The van der Waals surface area contributed by atoms with Crippen LogP contribution in [0, 0.1) is 11.6 Å². The summed E-state index contributed by atoms with van der Waals surface area (Å²) in [6.07, 6.45) is 0.780. The van der Waals surface area contributed by atoms with Gasteiger partial charge in [-0.2, -0.15) is 0 Å². The average molecular weight is 468 g/mol. The normalized spacial score (nSPS) is 18.1. The van der Waals surface area contributed by atoms with Crippen molar-refractivity contribution < 1.29 is 13.5 Å². The molecule has 1 aromatic rings. The molecule has 1 aliphatic rings. The molecule has 1 aromatic carbocycles. The minimum atomic E-state index is -0.528. The first-order valence-corrected chi connectivity index (χ1v) is 8.07. The number of nitrogens with zero attached hydrogens (tertiary/aromatic N) is 2. The Bertz CT molecular complexity index is 578. The maximum absolute atomic E-state index is 13.9. The minimum absolute atomic E-state index is 0. The lowest BCUT2D eigenvalue weighted by molar-refractivity contribution is 0.0268. The molecular weight excluding hydrogens is 441 g/mol. The number of nitrogens with one attached hydrogen (secondary N) is 2. The van der Waals surface area contributed by atoms with Crippen molar-refractivity contribution in [1.29, 1.82) is 0 Å². The zero-order chi connectivity index (χ0) is 17.7. The second kappa shape index (κ2) is 9.51. The average Bonchev–Trinajstić information content (AvgIpc) is 2.99. The summed E-state index contributed by atoms with van der Waals surface area (Å²) in [4.78, 5) is 5.92. The fraction of sp³-hybridized carbons (Fsp3) is 0.588. The summed E-state index contributed by atoms with van der Waals surface area (Å²) in [5.74, 6) is -0.402. The fourth-order valence-electron chi connectivity index (χ4n) is 2.63. The van der Waals surface area contributed by atoms with Crippen LogP contribution in [-0.2, 0) is 4.74 Å². The van der Waals surface area contributed by atoms with Crippen LogP contribution in [0.2, 0.25) is 0 Å². The molecule has 0 aromatic heterocycles. The van der Waals surface area contributed by atoms with E-state index in [4.69, 9.17) is 4.74 Å². The molecule has 2 rings (SSSR count). The lowest BCUT2D eigenvalue weighted by Gasteiger charge is -2.26. The molecule has 1 heterocycles. The summed E-state index contributed by atoms with van der Waals surface area (Å²) in [6, 6.07) is 4.02. The van der Waals surface area contributed by atoms with Crippen LogP contribution in [0.5, 0.6) is 0 Å². The molecule has 2 N–H and O–H groups in total. The first kappa shape index (κ1) is 21.9. The highest BCUT2D eigenvalue weighted by Gasteiger charge is 2.27. The van der Waals surface area contributed by atoms with Gasteiger partial charge in [-0.1, -0.05) is 6.07 Å². The number of halogens is 3. The first-order valence-electron chi connectivity index (χ1n) is 8.07. The van der Waals surface area contributed by atoms with Gasteiger partial charge in [0, 0.05) is 39.8 Å². The van der Waals surface area contributed by atoms with E-state index in [9.17, 15) is 8.78 Å². The third-order valence-electron chi connectivity index (χ3n) is 4.24. The zero-order valence-electron chi connectivity index (χ0n) is 15.1. The lowest BCUT2D eigenvalue weighted by atomic mass is 10.1. The second-order valence-electron chi connectivity index (χ2n) is 6.54. The maximum atomic E-state index is 13.9. The number of anilines is 1. The Morgan fingerprint density at radius 1 is 1.36 bits per heavy atom. The number of methoxy groups -OCH3 is 1. The molecule has 0 saturated carbocycles. The second-order valence-corrected chi connectivity index (χ2v) is 6.54. The number of aliphatic imine (C=N–C) groups is 1. The molecule has 142 valence electrons. The first-order chi connectivity index (χ1) is 11.4. The van der Waals surface area contributed by atoms with Gasteiger partial charge in [-0.05, 0) is 32.4 Å². The Balaban J connectivity index is 0.00000312. The van der Waals surface area contributed by atoms with Gasteiger partial charge in [0.15, 0.2) is 5.96 Å². The predicted molar refractivity (Wildman–Crippen MR) is 108 cm³/mol. The van der Waals surface area contributed by atoms with Crippen LogP contribution in [0.15, 0.2) is 23.2 Å². The Morgan fingerprint density at radius 2 is 2.00 bits per heavy atom. The molecule has 1 saturated heterocycles. The SMILES string of the molecule is CN=C(NCC(C)(C)OC)NC1CCN(c2c(F)cccc2F)C1.I. The number of rotatable bonds is 5. The van der Waals surface area contributed by atoms with Crippen molar-refractivity contribution in [3.05, 3.63) is 29.8 Å². The highest BCUT2D eigenvalue weighted by Crippen LogP contribution is 2.26. The minimum Gasteiger partial charge on any atom is -0.377 e. The van der Waals surface area contributed by atoms with E-state index in [1.807, 2.05) is 13.8 Å². The van der Waals surface area contributed by atoms with E-state index in [1.165, 1.54) is 18.2 Å². The van der Waals surface area contributed by atoms with Crippen LogP contribution in [0.1, 0.15) is 20.3 Å². The maximum Gasteiger partial charge on any atom is 0.191 e. The number of hydrogen-bond donors (Lipinski definition) is 2. The predicted octanol–water partition coefficient (Wildman–Crippen LogP) is 2.75. The van der Waals surface area contributed by atoms with E-state index >= 15 is 0 Å². The fourth-order valence-corrected chi connectivity index (χ4v) is 2.63. The van der Waals surface area contributed by atoms with Crippen molar-refractivity contribution in [2.45, 2.75) is 31.9 Å². The lowest BCUT2D eigenvalue weighted by Crippen LogP contribution is -2.49. The van der Waals surface area contributed by atoms with Crippen molar-refractivity contribution in [1.82, 2.24) is 10.6 Å². The van der Waals surface area contributed by atoms with Gasteiger partial charge in [0.1, 0.15) is 17.3 Å². The third kappa shape index (κ3) is 5.95. The molecular formula is C17H27F2IN4O. The number of guanidine groups is 1. The molecule has 25 heavy (non-hydrogen) atoms. The van der Waals surface area contributed by atoms with E-state index in [-0.39, 0.29) is 41.3 Å². The van der Waals surface area contributed by atoms with Crippen LogP contribution in [-0.4, -0.2) is 51.4 Å². The van der Waals surface area contributed by atoms with E-state index in [1.54, 1.807) is 19.1 Å². The smallest absolute Gasteiger partial charge is 0.191 e. The molecule has 0 aliphatic carbocycles. The molecule has 0 spiro atoms. The molecule has 1 unspecified atom stereocenters. The van der Waals surface area contributed by atoms with Crippen LogP contribution >= 0.6 is 24.0 Å². The molecule has 1 fully saturated rings. The molecule has 0 bridgehead atoms. The Morgan fingerprint density at radius 3 is 2.56 bits per heavy atom. The molecule has 8 heteroatoms. The van der Waals surface area contributed by atoms with Crippen molar-refractivity contribution in [3.8, 4) is 0 Å². The molecule has 5 nitrogen and oxygen atoms in total. The molecule has 0 amide bonds. The van der Waals surface area contributed by atoms with Crippen LogP contribution in [0.25, 0.3) is 0 Å². The summed E-state index contributed by atoms with van der Waals surface area (Å²) in [7, 11) is 3.36. The van der Waals surface area contributed by atoms with Gasteiger partial charge in [0.05, 0.1) is 5.60 Å². The van der Waals surface area contributed by atoms with Gasteiger partial charge in [-0.25, -0.2) is 8.78 Å². The molecule has 0 radical (unpaired) electrons. The van der Waals surface area contributed by atoms with Crippen LogP contribution in [0.3, 0.4) is 0 Å². The van der Waals surface area contributed by atoms with Crippen molar-refractivity contribution >= 4 is 35.6 Å². The van der Waals surface area contributed by atoms with E-state index in [0.717, 1.165) is 6.42 Å². The van der Waals surface area contributed by atoms with Crippen LogP contribution < -0.4 is 15.5 Å². The van der Waals surface area contributed by atoms with Gasteiger partial charge in [-0.15, -0.1) is 24.0 Å². The number of ether oxygens (including phenoxy) is 1. The van der Waals surface area contributed by atoms with E-state index in [0.29, 0.717) is 25.6 Å². The van der Waals surface area contributed by atoms with Gasteiger partial charge in [0.25, 0.3) is 0 Å². The van der Waals surface area contributed by atoms with Crippen molar-refractivity contribution in [2.75, 3.05) is 38.7 Å². The summed E-state index contributed by atoms with van der Waals surface area (Å²) < 4.78 is 33.2. The van der Waals surface area contributed by atoms with Crippen LogP contribution in [0.4, 0.5) is 14.5 Å². The summed E-state index contributed by atoms with van der Waals surface area (Å²) in [5, 5.41) is 6.51. The van der Waals surface area contributed by atoms with Gasteiger partial charge < -0.3 is 20.3 Å². The highest BCUT2D eigenvalue weighted by atomic mass is 127. The largest absolute Gasteiger partial charge is 0.377 e. The van der Waals surface area contributed by atoms with E-state index < -0.39 is 11.6 Å². The van der Waals surface area contributed by atoms with Gasteiger partial charge in [-0.3, -0.25) is 4.99 Å². The zero-order valence-corrected chi connectivity index (χ0v) is 17.4. The van der Waals surface area contributed by atoms with E-state index in [2.05, 4.69) is 15.6 Å². The highest BCUT2D eigenvalue weighted by molar-refractivity contribution is 14.0. The van der Waals surface area contributed by atoms with Crippen molar-refractivity contribution in [3.63, 3.8) is 0 Å². The third-order valence-corrected chi connectivity index (χ3v) is 4.24.